The molecule has 2 rings (SSSR count). The Bertz CT molecular complexity index is 511. The van der Waals surface area contributed by atoms with Crippen LogP contribution >= 0.6 is 0 Å². The van der Waals surface area contributed by atoms with Crippen molar-refractivity contribution in [2.45, 2.75) is 0 Å². The van der Waals surface area contributed by atoms with Crippen molar-refractivity contribution in [2.75, 3.05) is 5.43 Å². The van der Waals surface area contributed by atoms with Gasteiger partial charge in [-0.05, 0) is 24.3 Å². The third-order valence-electron chi connectivity index (χ3n) is 2.01. The van der Waals surface area contributed by atoms with Crippen LogP contribution in [0.5, 0.6) is 0 Å². The number of hydrogen-bond acceptors (Lipinski definition) is 3. The predicted octanol–water partition coefficient (Wildman–Crippen LogP) is 2.41. The first-order valence-corrected chi connectivity index (χ1v) is 4.51. The molecule has 0 atom stereocenters. The van der Waals surface area contributed by atoms with Crippen LogP contribution in [0.1, 0.15) is 0 Å². The lowest BCUT2D eigenvalue weighted by Gasteiger charge is -2.07. The zero-order valence-corrected chi connectivity index (χ0v) is 8.13. The average Bonchev–Trinajstić information content (AvgIpc) is 2.73. The normalized spacial score (nSPS) is 10.1. The molecule has 0 saturated carbocycles. The van der Waals surface area contributed by atoms with E-state index in [1.54, 1.807) is 29.2 Å². The maximum atomic E-state index is 12.8. The van der Waals surface area contributed by atoms with Crippen molar-refractivity contribution >= 4 is 11.4 Å². The van der Waals surface area contributed by atoms with Gasteiger partial charge in [-0.2, -0.15) is 0 Å². The topological polar surface area (TPSA) is 60.1 Å². The number of nitro groups is 1. The number of halogens is 1. The number of nitrogens with zero attached hydrogens (tertiary/aromatic N) is 2. The smallest absolute Gasteiger partial charge is 0.288 e. The molecule has 0 unspecified atom stereocenters. The molecular weight excluding hydrogens is 213 g/mol. The van der Waals surface area contributed by atoms with Gasteiger partial charge >= 0.3 is 0 Å². The van der Waals surface area contributed by atoms with E-state index in [-0.39, 0.29) is 11.4 Å². The van der Waals surface area contributed by atoms with Gasteiger partial charge in [0.1, 0.15) is 11.5 Å². The lowest BCUT2D eigenvalue weighted by molar-refractivity contribution is -0.384. The van der Waals surface area contributed by atoms with Crippen molar-refractivity contribution in [3.63, 3.8) is 0 Å². The third-order valence-corrected chi connectivity index (χ3v) is 2.01. The van der Waals surface area contributed by atoms with Gasteiger partial charge in [-0.3, -0.25) is 20.2 Å². The minimum absolute atomic E-state index is 0.239. The lowest BCUT2D eigenvalue weighted by atomic mass is 10.2. The SMILES string of the molecule is O=[N+]([O-])c1cc(F)ccc1Nn1cccc1. The molecule has 5 nitrogen and oxygen atoms in total. The second kappa shape index (κ2) is 4.01. The molecule has 0 spiro atoms. The molecule has 2 aromatic rings. The number of nitro benzene ring substituents is 1. The zero-order chi connectivity index (χ0) is 11.5. The second-order valence-corrected chi connectivity index (χ2v) is 3.12. The number of nitrogens with one attached hydrogen (secondary N) is 1. The van der Waals surface area contributed by atoms with Crippen LogP contribution in [0.2, 0.25) is 0 Å². The Morgan fingerprint density at radius 1 is 1.31 bits per heavy atom. The fourth-order valence-corrected chi connectivity index (χ4v) is 1.30. The van der Waals surface area contributed by atoms with E-state index in [4.69, 9.17) is 0 Å². The summed E-state index contributed by atoms with van der Waals surface area (Å²) in [5.74, 6) is -0.634. The van der Waals surface area contributed by atoms with Gasteiger partial charge in [-0.1, -0.05) is 0 Å². The van der Waals surface area contributed by atoms with Crippen LogP contribution in [-0.2, 0) is 0 Å². The van der Waals surface area contributed by atoms with Crippen molar-refractivity contribution in [3.8, 4) is 0 Å². The van der Waals surface area contributed by atoms with Gasteiger partial charge < -0.3 is 0 Å². The van der Waals surface area contributed by atoms with Crippen LogP contribution in [0.15, 0.2) is 42.7 Å². The standard InChI is InChI=1S/C10H8FN3O2/c11-8-3-4-9(10(7-8)14(15)16)12-13-5-1-2-6-13/h1-7,12H. The molecule has 0 radical (unpaired) electrons. The molecule has 0 aliphatic heterocycles. The molecule has 0 aliphatic carbocycles. The van der Waals surface area contributed by atoms with Gasteiger partial charge in [-0.25, -0.2) is 4.39 Å². The van der Waals surface area contributed by atoms with Gasteiger partial charge in [-0.15, -0.1) is 0 Å². The summed E-state index contributed by atoms with van der Waals surface area (Å²) in [4.78, 5) is 10.1. The highest BCUT2D eigenvalue weighted by Crippen LogP contribution is 2.24. The number of aromatic nitrogens is 1. The highest BCUT2D eigenvalue weighted by Gasteiger charge is 2.14. The van der Waals surface area contributed by atoms with Crippen molar-refractivity contribution in [1.29, 1.82) is 0 Å². The predicted molar refractivity (Wildman–Crippen MR) is 56.5 cm³/mol. The molecule has 1 heterocycles. The quantitative estimate of drug-likeness (QED) is 0.639. The van der Waals surface area contributed by atoms with Crippen LogP contribution in [0.25, 0.3) is 0 Å². The lowest BCUT2D eigenvalue weighted by Crippen LogP contribution is -2.08. The number of anilines is 1. The molecule has 16 heavy (non-hydrogen) atoms. The van der Waals surface area contributed by atoms with E-state index in [2.05, 4.69) is 5.43 Å². The van der Waals surface area contributed by atoms with Gasteiger partial charge in [0.2, 0.25) is 0 Å². The summed E-state index contributed by atoms with van der Waals surface area (Å²) in [5, 5.41) is 10.7. The maximum Gasteiger partial charge on any atom is 0.297 e. The fraction of sp³-hybridized carbons (Fsp3) is 0. The molecule has 1 aromatic heterocycles. The van der Waals surface area contributed by atoms with Gasteiger partial charge in [0.15, 0.2) is 0 Å². The summed E-state index contributed by atoms with van der Waals surface area (Å²) in [6.07, 6.45) is 3.38. The van der Waals surface area contributed by atoms with Gasteiger partial charge in [0.25, 0.3) is 5.69 Å². The fourth-order valence-electron chi connectivity index (χ4n) is 1.30. The van der Waals surface area contributed by atoms with E-state index in [0.29, 0.717) is 0 Å². The first-order valence-electron chi connectivity index (χ1n) is 4.51. The molecule has 1 aromatic carbocycles. The Labute approximate surface area is 90.2 Å². The number of rotatable bonds is 3. The maximum absolute atomic E-state index is 12.8. The van der Waals surface area contributed by atoms with Crippen molar-refractivity contribution < 1.29 is 9.31 Å². The van der Waals surface area contributed by atoms with E-state index < -0.39 is 10.7 Å². The molecule has 1 N–H and O–H groups in total. The summed E-state index contributed by atoms with van der Waals surface area (Å²) < 4.78 is 14.4. The van der Waals surface area contributed by atoms with Crippen LogP contribution < -0.4 is 5.43 Å². The molecular formula is C10H8FN3O2. The van der Waals surface area contributed by atoms with E-state index in [1.807, 2.05) is 0 Å². The second-order valence-electron chi connectivity index (χ2n) is 3.12. The van der Waals surface area contributed by atoms with Crippen LogP contribution in [0, 0.1) is 15.9 Å². The Morgan fingerprint density at radius 3 is 2.62 bits per heavy atom. The summed E-state index contributed by atoms with van der Waals surface area (Å²) in [5.41, 5.74) is 2.71. The minimum Gasteiger partial charge on any atom is -0.288 e. The molecule has 0 amide bonds. The van der Waals surface area contributed by atoms with Crippen molar-refractivity contribution in [1.82, 2.24) is 4.68 Å². The Hall–Kier alpha value is -2.37. The van der Waals surface area contributed by atoms with E-state index in [9.17, 15) is 14.5 Å². The van der Waals surface area contributed by atoms with Crippen molar-refractivity contribution in [3.05, 3.63) is 58.7 Å². The summed E-state index contributed by atoms with van der Waals surface area (Å²) >= 11 is 0. The van der Waals surface area contributed by atoms with E-state index in [1.165, 1.54) is 12.1 Å². The van der Waals surface area contributed by atoms with Crippen molar-refractivity contribution in [2.24, 2.45) is 0 Å². The third kappa shape index (κ3) is 2.00. The summed E-state index contributed by atoms with van der Waals surface area (Å²) in [6.45, 7) is 0. The molecule has 0 aliphatic rings. The monoisotopic (exact) mass is 221 g/mol. The largest absolute Gasteiger partial charge is 0.297 e. The average molecular weight is 221 g/mol. The summed E-state index contributed by atoms with van der Waals surface area (Å²) in [7, 11) is 0. The number of benzene rings is 1. The highest BCUT2D eigenvalue weighted by molar-refractivity contribution is 5.61. The van der Waals surface area contributed by atoms with E-state index >= 15 is 0 Å². The van der Waals surface area contributed by atoms with Gasteiger partial charge in [0.05, 0.1) is 11.0 Å². The Balaban J connectivity index is 2.36. The minimum atomic E-state index is -0.634. The molecule has 0 saturated heterocycles. The first kappa shape index (κ1) is 10.2. The summed E-state index contributed by atoms with van der Waals surface area (Å²) in [6, 6.07) is 6.91. The zero-order valence-electron chi connectivity index (χ0n) is 8.13. The molecule has 0 bridgehead atoms. The first-order chi connectivity index (χ1) is 7.66. The van der Waals surface area contributed by atoms with Gasteiger partial charge in [0, 0.05) is 12.4 Å². The van der Waals surface area contributed by atoms with Crippen LogP contribution in [0.3, 0.4) is 0 Å². The molecule has 0 fully saturated rings. The van der Waals surface area contributed by atoms with Crippen LogP contribution in [0.4, 0.5) is 15.8 Å². The highest BCUT2D eigenvalue weighted by atomic mass is 19.1. The Kier molecular flexibility index (Phi) is 2.55. The van der Waals surface area contributed by atoms with E-state index in [0.717, 1.165) is 6.07 Å². The molecule has 6 heteroatoms. The Morgan fingerprint density at radius 2 is 2.00 bits per heavy atom. The molecule has 82 valence electrons. The number of hydrogen-bond donors (Lipinski definition) is 1. The van der Waals surface area contributed by atoms with Crippen LogP contribution in [-0.4, -0.2) is 9.60 Å².